The molecule has 0 spiro atoms. The zero-order chi connectivity index (χ0) is 11.9. The van der Waals surface area contributed by atoms with Crippen molar-refractivity contribution in [1.82, 2.24) is 0 Å². The Hall–Kier alpha value is -1.48. The Morgan fingerprint density at radius 2 is 2.19 bits per heavy atom. The average Bonchev–Trinajstić information content (AvgIpc) is 2.57. The first-order valence-electron chi connectivity index (χ1n) is 4.86. The highest BCUT2D eigenvalue weighted by atomic mass is 35.5. The van der Waals surface area contributed by atoms with Gasteiger partial charge in [0.25, 0.3) is 0 Å². The number of aryl methyl sites for hydroxylation is 2. The Kier molecular flexibility index (Phi) is 2.64. The summed E-state index contributed by atoms with van der Waals surface area (Å²) in [5.41, 5.74) is 3.03. The SMILES string of the molecule is Cc1cc2occ(CC(=O)[O-])c2c(C)c1Cl. The summed E-state index contributed by atoms with van der Waals surface area (Å²) in [5, 5.41) is 12.0. The lowest BCUT2D eigenvalue weighted by Crippen LogP contribution is -2.24. The van der Waals surface area contributed by atoms with Crippen LogP contribution in [0.5, 0.6) is 0 Å². The van der Waals surface area contributed by atoms with Gasteiger partial charge in [-0.15, -0.1) is 0 Å². The number of hydrogen-bond donors (Lipinski definition) is 0. The number of carboxylic acids is 1. The second kappa shape index (κ2) is 3.83. The molecule has 84 valence electrons. The van der Waals surface area contributed by atoms with Gasteiger partial charge < -0.3 is 14.3 Å². The number of carbonyl (C=O) groups excluding carboxylic acids is 1. The standard InChI is InChI=1S/C12H11ClO3/c1-6-3-9-11(7(2)12(6)13)8(5-16-9)4-10(14)15/h3,5H,4H2,1-2H3,(H,14,15)/p-1. The molecule has 0 N–H and O–H groups in total. The number of fused-ring (bicyclic) bond motifs is 1. The largest absolute Gasteiger partial charge is 0.550 e. The predicted molar refractivity (Wildman–Crippen MR) is 59.4 cm³/mol. The molecule has 0 bridgehead atoms. The van der Waals surface area contributed by atoms with E-state index in [1.54, 1.807) is 0 Å². The molecule has 16 heavy (non-hydrogen) atoms. The van der Waals surface area contributed by atoms with Crippen LogP contribution in [0, 0.1) is 13.8 Å². The van der Waals surface area contributed by atoms with Gasteiger partial charge in [-0.2, -0.15) is 0 Å². The van der Waals surface area contributed by atoms with Crippen molar-refractivity contribution < 1.29 is 14.3 Å². The summed E-state index contributed by atoms with van der Waals surface area (Å²) in [4.78, 5) is 10.6. The fourth-order valence-corrected chi connectivity index (χ4v) is 2.04. The van der Waals surface area contributed by atoms with Crippen LogP contribution >= 0.6 is 11.6 Å². The number of rotatable bonds is 2. The zero-order valence-corrected chi connectivity index (χ0v) is 9.72. The van der Waals surface area contributed by atoms with E-state index in [4.69, 9.17) is 16.0 Å². The molecule has 0 amide bonds. The van der Waals surface area contributed by atoms with Gasteiger partial charge in [0.1, 0.15) is 5.58 Å². The first-order valence-corrected chi connectivity index (χ1v) is 5.24. The van der Waals surface area contributed by atoms with E-state index in [1.165, 1.54) is 6.26 Å². The zero-order valence-electron chi connectivity index (χ0n) is 8.96. The van der Waals surface area contributed by atoms with Gasteiger partial charge in [-0.05, 0) is 31.0 Å². The molecule has 2 aromatic rings. The number of furan rings is 1. The maximum Gasteiger partial charge on any atom is 0.134 e. The Morgan fingerprint density at radius 1 is 1.50 bits per heavy atom. The normalized spacial score (nSPS) is 10.9. The molecule has 3 nitrogen and oxygen atoms in total. The smallest absolute Gasteiger partial charge is 0.134 e. The molecule has 0 saturated heterocycles. The van der Waals surface area contributed by atoms with Crippen LogP contribution in [0.3, 0.4) is 0 Å². The van der Waals surface area contributed by atoms with Gasteiger partial charge in [-0.25, -0.2) is 0 Å². The fraction of sp³-hybridized carbons (Fsp3) is 0.250. The molecule has 1 heterocycles. The Balaban J connectivity index is 2.71. The molecular weight excluding hydrogens is 228 g/mol. The molecule has 1 aromatic carbocycles. The molecular formula is C12H10ClO3-. The molecule has 0 fully saturated rings. The van der Waals surface area contributed by atoms with Crippen LogP contribution in [0.25, 0.3) is 11.0 Å². The number of benzene rings is 1. The summed E-state index contributed by atoms with van der Waals surface area (Å²) in [7, 11) is 0. The minimum atomic E-state index is -1.13. The van der Waals surface area contributed by atoms with Crippen molar-refractivity contribution in [3.8, 4) is 0 Å². The van der Waals surface area contributed by atoms with E-state index < -0.39 is 5.97 Å². The van der Waals surface area contributed by atoms with Crippen molar-refractivity contribution >= 4 is 28.5 Å². The predicted octanol–water partition coefficient (Wildman–Crippen LogP) is 2.00. The van der Waals surface area contributed by atoms with E-state index in [1.807, 2.05) is 19.9 Å². The highest BCUT2D eigenvalue weighted by Crippen LogP contribution is 2.32. The second-order valence-corrected chi connectivity index (χ2v) is 4.19. The maximum atomic E-state index is 10.6. The number of halogens is 1. The molecule has 0 unspecified atom stereocenters. The van der Waals surface area contributed by atoms with Crippen LogP contribution in [0.4, 0.5) is 0 Å². The van der Waals surface area contributed by atoms with Crippen molar-refractivity contribution in [2.24, 2.45) is 0 Å². The van der Waals surface area contributed by atoms with Gasteiger partial charge in [0.2, 0.25) is 0 Å². The van der Waals surface area contributed by atoms with Gasteiger partial charge in [-0.3, -0.25) is 0 Å². The van der Waals surface area contributed by atoms with Crippen molar-refractivity contribution in [3.63, 3.8) is 0 Å². The average molecular weight is 238 g/mol. The highest BCUT2D eigenvalue weighted by molar-refractivity contribution is 6.33. The van der Waals surface area contributed by atoms with E-state index in [0.717, 1.165) is 16.5 Å². The van der Waals surface area contributed by atoms with E-state index in [9.17, 15) is 9.90 Å². The van der Waals surface area contributed by atoms with Gasteiger partial charge in [-0.1, -0.05) is 11.6 Å². The van der Waals surface area contributed by atoms with Crippen LogP contribution in [-0.2, 0) is 11.2 Å². The topological polar surface area (TPSA) is 53.3 Å². The lowest BCUT2D eigenvalue weighted by molar-refractivity contribution is -0.304. The monoisotopic (exact) mass is 237 g/mol. The first-order chi connectivity index (χ1) is 7.50. The lowest BCUT2D eigenvalue weighted by atomic mass is 10.0. The summed E-state index contributed by atoms with van der Waals surface area (Å²) in [6.07, 6.45) is 1.29. The van der Waals surface area contributed by atoms with Crippen molar-refractivity contribution in [1.29, 1.82) is 0 Å². The minimum absolute atomic E-state index is 0.159. The summed E-state index contributed by atoms with van der Waals surface area (Å²) < 4.78 is 5.32. The quantitative estimate of drug-likeness (QED) is 0.803. The van der Waals surface area contributed by atoms with Crippen LogP contribution in [0.15, 0.2) is 16.7 Å². The van der Waals surface area contributed by atoms with Crippen molar-refractivity contribution in [2.75, 3.05) is 0 Å². The third-order valence-corrected chi connectivity index (χ3v) is 3.21. The summed E-state index contributed by atoms with van der Waals surface area (Å²) >= 11 is 6.12. The maximum absolute atomic E-state index is 10.6. The van der Waals surface area contributed by atoms with E-state index in [0.29, 0.717) is 16.2 Å². The lowest BCUT2D eigenvalue weighted by Gasteiger charge is -2.06. The molecule has 2 rings (SSSR count). The first kappa shape index (κ1) is 11.0. The summed E-state index contributed by atoms with van der Waals surface area (Å²) in [6, 6.07) is 1.81. The molecule has 4 heteroatoms. The second-order valence-electron chi connectivity index (χ2n) is 3.82. The van der Waals surface area contributed by atoms with Gasteiger partial charge >= 0.3 is 0 Å². The number of aliphatic carboxylic acids is 1. The molecule has 1 aromatic heterocycles. The molecule has 0 atom stereocenters. The molecule has 0 aliphatic heterocycles. The Morgan fingerprint density at radius 3 is 2.81 bits per heavy atom. The third kappa shape index (κ3) is 1.67. The molecule has 0 saturated carbocycles. The van der Waals surface area contributed by atoms with Gasteiger partial charge in [0.15, 0.2) is 0 Å². The van der Waals surface area contributed by atoms with Crippen molar-refractivity contribution in [2.45, 2.75) is 20.3 Å². The Labute approximate surface area is 97.6 Å². The fourth-order valence-electron chi connectivity index (χ4n) is 1.89. The Bertz CT molecular complexity index is 569. The van der Waals surface area contributed by atoms with Crippen LogP contribution < -0.4 is 5.11 Å². The molecule has 0 aliphatic rings. The summed E-state index contributed by atoms with van der Waals surface area (Å²) in [5.74, 6) is -1.13. The minimum Gasteiger partial charge on any atom is -0.550 e. The van der Waals surface area contributed by atoms with E-state index in [-0.39, 0.29) is 6.42 Å². The summed E-state index contributed by atoms with van der Waals surface area (Å²) in [6.45, 7) is 3.74. The van der Waals surface area contributed by atoms with Crippen LogP contribution in [0.1, 0.15) is 16.7 Å². The van der Waals surface area contributed by atoms with Gasteiger partial charge in [0.05, 0.1) is 6.26 Å². The van der Waals surface area contributed by atoms with Crippen molar-refractivity contribution in [3.05, 3.63) is 34.0 Å². The van der Waals surface area contributed by atoms with Crippen LogP contribution in [0.2, 0.25) is 5.02 Å². The number of carboxylic acid groups (broad SMARTS) is 1. The highest BCUT2D eigenvalue weighted by Gasteiger charge is 2.13. The van der Waals surface area contributed by atoms with Crippen LogP contribution in [-0.4, -0.2) is 5.97 Å². The van der Waals surface area contributed by atoms with Gasteiger partial charge in [0, 0.05) is 28.4 Å². The van der Waals surface area contributed by atoms with E-state index >= 15 is 0 Å². The molecule has 0 aliphatic carbocycles. The number of carbonyl (C=O) groups is 1. The number of hydrogen-bond acceptors (Lipinski definition) is 3. The third-order valence-electron chi connectivity index (χ3n) is 2.63. The molecule has 0 radical (unpaired) electrons. The van der Waals surface area contributed by atoms with E-state index in [2.05, 4.69) is 0 Å².